The van der Waals surface area contributed by atoms with E-state index in [1.807, 2.05) is 20.0 Å². The molecule has 8 heteroatoms. The van der Waals surface area contributed by atoms with E-state index < -0.39 is 0 Å². The van der Waals surface area contributed by atoms with E-state index in [4.69, 9.17) is 9.15 Å². The van der Waals surface area contributed by atoms with Gasteiger partial charge in [-0.3, -0.25) is 14.7 Å². The maximum absolute atomic E-state index is 11.7. The summed E-state index contributed by atoms with van der Waals surface area (Å²) in [7, 11) is 3.28. The van der Waals surface area contributed by atoms with Crippen LogP contribution in [0.5, 0.6) is 0 Å². The fourth-order valence-corrected chi connectivity index (χ4v) is 4.11. The first-order valence-electron chi connectivity index (χ1n) is 9.96. The van der Waals surface area contributed by atoms with E-state index in [1.165, 1.54) is 20.0 Å². The SMILES string of the molecule is CN=C(NCC(c1ccc(C)o1)N1CCCC1)N1CCC(C(=O)OC)CC1.I. The number of hydrogen-bond acceptors (Lipinski definition) is 5. The largest absolute Gasteiger partial charge is 0.469 e. The molecule has 2 aliphatic heterocycles. The molecule has 1 N–H and O–H groups in total. The van der Waals surface area contributed by atoms with Crippen molar-refractivity contribution in [2.75, 3.05) is 46.9 Å². The lowest BCUT2D eigenvalue weighted by Gasteiger charge is -2.34. The van der Waals surface area contributed by atoms with Crippen LogP contribution in [-0.4, -0.2) is 68.6 Å². The number of aliphatic imine (C=N–C) groups is 1. The molecule has 7 nitrogen and oxygen atoms in total. The molecule has 0 aromatic carbocycles. The molecule has 0 bridgehead atoms. The van der Waals surface area contributed by atoms with Gasteiger partial charge in [0.05, 0.1) is 19.1 Å². The molecule has 3 rings (SSSR count). The normalized spacial score (nSPS) is 20.0. The second-order valence-electron chi connectivity index (χ2n) is 7.42. The van der Waals surface area contributed by atoms with Gasteiger partial charge in [-0.15, -0.1) is 24.0 Å². The Morgan fingerprint density at radius 3 is 2.50 bits per heavy atom. The number of nitrogens with one attached hydrogen (secondary N) is 1. The van der Waals surface area contributed by atoms with E-state index in [2.05, 4.69) is 26.2 Å². The quantitative estimate of drug-likeness (QED) is 0.288. The van der Waals surface area contributed by atoms with Crippen molar-refractivity contribution < 1.29 is 13.9 Å². The van der Waals surface area contributed by atoms with Gasteiger partial charge in [0, 0.05) is 26.7 Å². The summed E-state index contributed by atoms with van der Waals surface area (Å²) in [6.07, 6.45) is 4.10. The van der Waals surface area contributed by atoms with Crippen molar-refractivity contribution in [2.24, 2.45) is 10.9 Å². The predicted molar refractivity (Wildman–Crippen MR) is 120 cm³/mol. The Balaban J connectivity index is 0.00000280. The first-order chi connectivity index (χ1) is 13.1. The molecule has 1 aromatic rings. The minimum absolute atomic E-state index is 0. The van der Waals surface area contributed by atoms with Crippen LogP contribution in [0.3, 0.4) is 0 Å². The second kappa shape index (κ2) is 11.0. The molecule has 3 heterocycles. The van der Waals surface area contributed by atoms with E-state index in [-0.39, 0.29) is 41.9 Å². The summed E-state index contributed by atoms with van der Waals surface area (Å²) in [5.41, 5.74) is 0. The Morgan fingerprint density at radius 2 is 1.96 bits per heavy atom. The van der Waals surface area contributed by atoms with Crippen molar-refractivity contribution in [3.8, 4) is 0 Å². The molecule has 0 radical (unpaired) electrons. The van der Waals surface area contributed by atoms with Crippen molar-refractivity contribution in [3.63, 3.8) is 0 Å². The van der Waals surface area contributed by atoms with Gasteiger partial charge in [0.2, 0.25) is 0 Å². The summed E-state index contributed by atoms with van der Waals surface area (Å²) in [4.78, 5) is 20.9. The number of guanidine groups is 1. The number of hydrogen-bond donors (Lipinski definition) is 1. The van der Waals surface area contributed by atoms with E-state index in [0.717, 1.165) is 63.0 Å². The van der Waals surface area contributed by atoms with Crippen LogP contribution >= 0.6 is 24.0 Å². The number of piperidine rings is 1. The Labute approximate surface area is 184 Å². The summed E-state index contributed by atoms with van der Waals surface area (Å²) < 4.78 is 10.8. The highest BCUT2D eigenvalue weighted by atomic mass is 127. The topological polar surface area (TPSA) is 70.3 Å². The summed E-state index contributed by atoms with van der Waals surface area (Å²) >= 11 is 0. The lowest BCUT2D eigenvalue weighted by Crippen LogP contribution is -2.48. The zero-order valence-corrected chi connectivity index (χ0v) is 19.5. The van der Waals surface area contributed by atoms with Crippen LogP contribution in [0.15, 0.2) is 21.5 Å². The van der Waals surface area contributed by atoms with Crippen LogP contribution in [0.1, 0.15) is 43.2 Å². The highest BCUT2D eigenvalue weighted by Gasteiger charge is 2.29. The summed E-state index contributed by atoms with van der Waals surface area (Å²) in [5, 5.41) is 3.54. The Bertz CT molecular complexity index is 650. The molecule has 28 heavy (non-hydrogen) atoms. The van der Waals surface area contributed by atoms with Gasteiger partial charge in [-0.25, -0.2) is 0 Å². The van der Waals surface area contributed by atoms with E-state index in [1.54, 1.807) is 0 Å². The maximum atomic E-state index is 11.7. The van der Waals surface area contributed by atoms with Gasteiger partial charge in [0.1, 0.15) is 11.5 Å². The third-order valence-corrected chi connectivity index (χ3v) is 5.67. The predicted octanol–water partition coefficient (Wildman–Crippen LogP) is 2.80. The maximum Gasteiger partial charge on any atom is 0.308 e. The molecular weight excluding hydrogens is 471 g/mol. The molecule has 0 amide bonds. The molecular formula is C20H33IN4O3. The van der Waals surface area contributed by atoms with Crippen LogP contribution in [0, 0.1) is 12.8 Å². The van der Waals surface area contributed by atoms with E-state index in [0.29, 0.717) is 0 Å². The minimum Gasteiger partial charge on any atom is -0.469 e. The number of carbonyl (C=O) groups excluding carboxylic acids is 1. The van der Waals surface area contributed by atoms with Crippen molar-refractivity contribution in [1.82, 2.24) is 15.1 Å². The third kappa shape index (κ3) is 5.62. The lowest BCUT2D eigenvalue weighted by atomic mass is 9.97. The van der Waals surface area contributed by atoms with Crippen molar-refractivity contribution in [3.05, 3.63) is 23.7 Å². The van der Waals surface area contributed by atoms with Gasteiger partial charge in [0.15, 0.2) is 5.96 Å². The molecule has 1 aromatic heterocycles. The minimum atomic E-state index is -0.0973. The van der Waals surface area contributed by atoms with Crippen molar-refractivity contribution >= 4 is 35.9 Å². The van der Waals surface area contributed by atoms with Crippen LogP contribution < -0.4 is 5.32 Å². The van der Waals surface area contributed by atoms with Crippen molar-refractivity contribution in [2.45, 2.75) is 38.6 Å². The summed E-state index contributed by atoms with van der Waals surface area (Å²) in [6, 6.07) is 4.33. The number of aryl methyl sites for hydroxylation is 1. The molecule has 0 saturated carbocycles. The highest BCUT2D eigenvalue weighted by molar-refractivity contribution is 14.0. The molecule has 2 aliphatic rings. The standard InChI is InChI=1S/C20H32N4O3.HI/c1-15-6-7-18(27-15)17(23-10-4-5-11-23)14-22-20(21-2)24-12-8-16(9-13-24)19(25)26-3;/h6-7,16-17H,4-5,8-14H2,1-3H3,(H,21,22);1H. The fraction of sp³-hybridized carbons (Fsp3) is 0.700. The first-order valence-corrected chi connectivity index (χ1v) is 9.96. The van der Waals surface area contributed by atoms with Crippen LogP contribution in [0.2, 0.25) is 0 Å². The van der Waals surface area contributed by atoms with E-state index in [9.17, 15) is 4.79 Å². The molecule has 1 unspecified atom stereocenters. The number of furan rings is 1. The zero-order chi connectivity index (χ0) is 19.2. The van der Waals surface area contributed by atoms with Crippen molar-refractivity contribution in [1.29, 1.82) is 0 Å². The molecule has 0 spiro atoms. The molecule has 1 atom stereocenters. The Hall–Kier alpha value is -1.29. The van der Waals surface area contributed by atoms with Gasteiger partial charge in [-0.2, -0.15) is 0 Å². The van der Waals surface area contributed by atoms with Crippen LogP contribution in [-0.2, 0) is 9.53 Å². The fourth-order valence-electron chi connectivity index (χ4n) is 4.11. The monoisotopic (exact) mass is 504 g/mol. The molecule has 0 aliphatic carbocycles. The number of esters is 1. The van der Waals surface area contributed by atoms with Gasteiger partial charge in [-0.05, 0) is 57.8 Å². The smallest absolute Gasteiger partial charge is 0.308 e. The number of ether oxygens (including phenoxy) is 1. The number of methoxy groups -OCH3 is 1. The highest BCUT2D eigenvalue weighted by Crippen LogP contribution is 2.26. The number of halogens is 1. The van der Waals surface area contributed by atoms with Crippen LogP contribution in [0.25, 0.3) is 0 Å². The van der Waals surface area contributed by atoms with E-state index >= 15 is 0 Å². The number of nitrogens with zero attached hydrogens (tertiary/aromatic N) is 3. The summed E-state index contributed by atoms with van der Waals surface area (Å²) in [6.45, 7) is 6.59. The third-order valence-electron chi connectivity index (χ3n) is 5.67. The Morgan fingerprint density at radius 1 is 1.29 bits per heavy atom. The first kappa shape index (κ1) is 23.0. The second-order valence-corrected chi connectivity index (χ2v) is 7.42. The van der Waals surface area contributed by atoms with Gasteiger partial charge >= 0.3 is 5.97 Å². The Kier molecular flexibility index (Phi) is 9.07. The molecule has 158 valence electrons. The lowest BCUT2D eigenvalue weighted by molar-refractivity contribution is -0.146. The zero-order valence-electron chi connectivity index (χ0n) is 17.1. The number of likely N-dealkylation sites (tertiary alicyclic amines) is 2. The molecule has 2 fully saturated rings. The average molecular weight is 504 g/mol. The average Bonchev–Trinajstić information content (AvgIpc) is 3.37. The van der Waals surface area contributed by atoms with Crippen LogP contribution in [0.4, 0.5) is 0 Å². The van der Waals surface area contributed by atoms with Gasteiger partial charge < -0.3 is 19.4 Å². The van der Waals surface area contributed by atoms with Gasteiger partial charge in [0.25, 0.3) is 0 Å². The number of carbonyl (C=O) groups is 1. The number of rotatable bonds is 5. The van der Waals surface area contributed by atoms with Gasteiger partial charge in [-0.1, -0.05) is 0 Å². The summed E-state index contributed by atoms with van der Waals surface area (Å²) in [5.74, 6) is 2.77. The molecule has 2 saturated heterocycles.